The number of carboxylic acids is 1. The van der Waals surface area contributed by atoms with Gasteiger partial charge in [0, 0.05) is 13.0 Å². The van der Waals surface area contributed by atoms with Crippen LogP contribution in [0.25, 0.3) is 0 Å². The van der Waals surface area contributed by atoms with Crippen molar-refractivity contribution >= 4 is 35.6 Å². The monoisotopic (exact) mass is 506 g/mol. The number of carbonyl (C=O) groups is 5. The first kappa shape index (κ1) is 29.8. The van der Waals surface area contributed by atoms with E-state index < -0.39 is 60.2 Å². The number of aliphatic carboxylic acids is 1. The van der Waals surface area contributed by atoms with E-state index in [9.17, 15) is 24.0 Å². The predicted molar refractivity (Wildman–Crippen MR) is 131 cm³/mol. The third-order valence-electron chi connectivity index (χ3n) is 4.99. The number of benzene rings is 1. The fourth-order valence-corrected chi connectivity index (χ4v) is 3.05. The molecule has 0 radical (unpaired) electrons. The second kappa shape index (κ2) is 14.9. The zero-order valence-corrected chi connectivity index (χ0v) is 20.0. The molecule has 14 nitrogen and oxygen atoms in total. The first-order valence-corrected chi connectivity index (χ1v) is 11.2. The van der Waals surface area contributed by atoms with Gasteiger partial charge in [-0.15, -0.1) is 0 Å². The van der Waals surface area contributed by atoms with Gasteiger partial charge in [-0.25, -0.2) is 0 Å². The Hall–Kier alpha value is -4.20. The molecule has 1 rings (SSSR count). The van der Waals surface area contributed by atoms with Crippen LogP contribution >= 0.6 is 0 Å². The van der Waals surface area contributed by atoms with E-state index in [0.29, 0.717) is 12.0 Å². The minimum absolute atomic E-state index is 0.0512. The lowest BCUT2D eigenvalue weighted by atomic mass is 10.0. The molecule has 0 heterocycles. The van der Waals surface area contributed by atoms with Crippen molar-refractivity contribution < 1.29 is 29.1 Å². The molecule has 0 aliphatic rings. The van der Waals surface area contributed by atoms with Crippen molar-refractivity contribution in [2.75, 3.05) is 6.54 Å². The molecule has 0 bridgehead atoms. The van der Waals surface area contributed by atoms with Gasteiger partial charge >= 0.3 is 5.97 Å². The van der Waals surface area contributed by atoms with Gasteiger partial charge in [0.25, 0.3) is 0 Å². The number of hydrogen-bond donors (Lipinski definition) is 8. The number of nitrogens with two attached hydrogens (primary N) is 4. The molecule has 0 aliphatic heterocycles. The Kier molecular flexibility index (Phi) is 12.4. The third-order valence-corrected chi connectivity index (χ3v) is 4.99. The average Bonchev–Trinajstić information content (AvgIpc) is 2.80. The Labute approximate surface area is 208 Å². The van der Waals surface area contributed by atoms with Gasteiger partial charge in [0.05, 0.1) is 12.5 Å². The number of nitrogens with zero attached hydrogens (tertiary/aromatic N) is 1. The average molecular weight is 507 g/mol. The van der Waals surface area contributed by atoms with Crippen molar-refractivity contribution in [3.05, 3.63) is 35.9 Å². The predicted octanol–water partition coefficient (Wildman–Crippen LogP) is -2.96. The van der Waals surface area contributed by atoms with Gasteiger partial charge in [0.15, 0.2) is 5.96 Å². The molecule has 12 N–H and O–H groups in total. The van der Waals surface area contributed by atoms with Gasteiger partial charge in [-0.2, -0.15) is 0 Å². The van der Waals surface area contributed by atoms with E-state index in [4.69, 9.17) is 28.0 Å². The highest BCUT2D eigenvalue weighted by Gasteiger charge is 2.30. The van der Waals surface area contributed by atoms with E-state index in [-0.39, 0.29) is 25.3 Å². The van der Waals surface area contributed by atoms with E-state index in [1.54, 1.807) is 30.3 Å². The van der Waals surface area contributed by atoms with Crippen LogP contribution in [0, 0.1) is 0 Å². The second-order valence-corrected chi connectivity index (χ2v) is 8.11. The summed E-state index contributed by atoms with van der Waals surface area (Å²) in [7, 11) is 0. The highest BCUT2D eigenvalue weighted by Crippen LogP contribution is 2.06. The van der Waals surface area contributed by atoms with Crippen LogP contribution in [0.3, 0.4) is 0 Å². The molecule has 4 amide bonds. The Bertz CT molecular complexity index is 951. The van der Waals surface area contributed by atoms with Crippen LogP contribution in [-0.2, 0) is 30.4 Å². The Morgan fingerprint density at radius 1 is 0.917 bits per heavy atom. The van der Waals surface area contributed by atoms with Crippen LogP contribution in [0.1, 0.15) is 31.7 Å². The lowest BCUT2D eigenvalue weighted by Crippen LogP contribution is -2.58. The number of guanidine groups is 1. The molecule has 0 spiro atoms. The number of primary amides is 1. The van der Waals surface area contributed by atoms with Gasteiger partial charge in [-0.1, -0.05) is 30.3 Å². The van der Waals surface area contributed by atoms with Gasteiger partial charge in [-0.05, 0) is 25.3 Å². The standard InChI is InChI=1S/C22H34N8O6/c1-12(21(35)36)28-19(33)16(11-17(24)31)30-20(34)15(10-13-6-3-2-4-7-13)29-18(32)14(23)8-5-9-27-22(25)26/h2-4,6-7,12,14-16H,5,8-11,23H2,1H3,(H2,24,31)(H,28,33)(H,29,32)(H,30,34)(H,35,36)(H4,25,26,27). The highest BCUT2D eigenvalue weighted by molar-refractivity contribution is 5.96. The molecule has 0 aliphatic carbocycles. The van der Waals surface area contributed by atoms with Crippen molar-refractivity contribution in [2.24, 2.45) is 27.9 Å². The Balaban J connectivity index is 3.00. The fraction of sp³-hybridized carbons (Fsp3) is 0.455. The van der Waals surface area contributed by atoms with Crippen molar-refractivity contribution in [1.82, 2.24) is 16.0 Å². The van der Waals surface area contributed by atoms with Crippen LogP contribution in [0.5, 0.6) is 0 Å². The molecule has 198 valence electrons. The van der Waals surface area contributed by atoms with E-state index in [1.165, 1.54) is 6.92 Å². The van der Waals surface area contributed by atoms with Crippen LogP contribution in [0.2, 0.25) is 0 Å². The molecule has 0 aromatic heterocycles. The first-order valence-electron chi connectivity index (χ1n) is 11.2. The van der Waals surface area contributed by atoms with E-state index >= 15 is 0 Å². The number of hydrogen-bond acceptors (Lipinski definition) is 7. The number of carbonyl (C=O) groups excluding carboxylic acids is 4. The maximum absolute atomic E-state index is 13.1. The quantitative estimate of drug-likeness (QED) is 0.0685. The molecular formula is C22H34N8O6. The van der Waals surface area contributed by atoms with Crippen LogP contribution in [0.4, 0.5) is 0 Å². The maximum Gasteiger partial charge on any atom is 0.325 e. The summed E-state index contributed by atoms with van der Waals surface area (Å²) in [4.78, 5) is 64.6. The fourth-order valence-electron chi connectivity index (χ4n) is 3.05. The summed E-state index contributed by atoms with van der Waals surface area (Å²) in [5.74, 6) is -4.62. The number of rotatable bonds is 15. The molecule has 4 atom stereocenters. The number of aliphatic imine (C=N–C) groups is 1. The van der Waals surface area contributed by atoms with Gasteiger partial charge in [0.2, 0.25) is 23.6 Å². The molecular weight excluding hydrogens is 472 g/mol. The summed E-state index contributed by atoms with van der Waals surface area (Å²) in [5.41, 5.74) is 22.4. The summed E-state index contributed by atoms with van der Waals surface area (Å²) >= 11 is 0. The Morgan fingerprint density at radius 2 is 1.50 bits per heavy atom. The van der Waals surface area contributed by atoms with Crippen LogP contribution in [0.15, 0.2) is 35.3 Å². The molecule has 0 saturated heterocycles. The molecule has 4 unspecified atom stereocenters. The summed E-state index contributed by atoms with van der Waals surface area (Å²) in [6.07, 6.45) is 0.128. The molecule has 36 heavy (non-hydrogen) atoms. The van der Waals surface area contributed by atoms with Crippen molar-refractivity contribution in [2.45, 2.75) is 56.8 Å². The number of amides is 4. The second-order valence-electron chi connectivity index (χ2n) is 8.11. The highest BCUT2D eigenvalue weighted by atomic mass is 16.4. The lowest BCUT2D eigenvalue weighted by Gasteiger charge is -2.24. The smallest absolute Gasteiger partial charge is 0.325 e. The van der Waals surface area contributed by atoms with Crippen molar-refractivity contribution in [3.63, 3.8) is 0 Å². The zero-order valence-electron chi connectivity index (χ0n) is 20.0. The number of nitrogens with one attached hydrogen (secondary N) is 3. The number of carboxylic acid groups (broad SMARTS) is 1. The summed E-state index contributed by atoms with van der Waals surface area (Å²) in [5, 5.41) is 16.1. The van der Waals surface area contributed by atoms with Gasteiger partial charge in [0.1, 0.15) is 18.1 Å². The maximum atomic E-state index is 13.1. The lowest BCUT2D eigenvalue weighted by molar-refractivity contribution is -0.142. The van der Waals surface area contributed by atoms with Crippen molar-refractivity contribution in [1.29, 1.82) is 0 Å². The van der Waals surface area contributed by atoms with E-state index in [1.807, 2.05) is 0 Å². The van der Waals surface area contributed by atoms with E-state index in [2.05, 4.69) is 20.9 Å². The minimum Gasteiger partial charge on any atom is -0.480 e. The molecule has 0 saturated carbocycles. The normalized spacial score (nSPS) is 13.8. The Morgan fingerprint density at radius 3 is 2.06 bits per heavy atom. The summed E-state index contributed by atoms with van der Waals surface area (Å²) < 4.78 is 0. The van der Waals surface area contributed by atoms with Crippen LogP contribution in [-0.4, -0.2) is 71.4 Å². The van der Waals surface area contributed by atoms with Gasteiger partial charge in [-0.3, -0.25) is 29.0 Å². The van der Waals surface area contributed by atoms with E-state index in [0.717, 1.165) is 0 Å². The summed E-state index contributed by atoms with van der Waals surface area (Å²) in [6, 6.07) is 3.89. The first-order chi connectivity index (χ1) is 16.9. The summed E-state index contributed by atoms with van der Waals surface area (Å²) in [6.45, 7) is 1.49. The van der Waals surface area contributed by atoms with Gasteiger partial charge < -0.3 is 44.0 Å². The molecule has 14 heteroatoms. The topological polar surface area (TPSA) is 258 Å². The van der Waals surface area contributed by atoms with Crippen molar-refractivity contribution in [3.8, 4) is 0 Å². The molecule has 1 aromatic carbocycles. The van der Waals surface area contributed by atoms with Crippen LogP contribution < -0.4 is 38.9 Å². The molecule has 1 aromatic rings. The minimum atomic E-state index is -1.46. The third kappa shape index (κ3) is 11.3. The SMILES string of the molecule is CC(NC(=O)C(CC(N)=O)NC(=O)C(Cc1ccccc1)NC(=O)C(N)CCCN=C(N)N)C(=O)O. The zero-order chi connectivity index (χ0) is 27.3. The largest absolute Gasteiger partial charge is 0.480 e. The molecule has 0 fully saturated rings.